The van der Waals surface area contributed by atoms with E-state index < -0.39 is 80.7 Å². The summed E-state index contributed by atoms with van der Waals surface area (Å²) in [5.74, 6) is -0.372. The van der Waals surface area contributed by atoms with Crippen LogP contribution in [0.15, 0.2) is 0 Å². The fourth-order valence-corrected chi connectivity index (χ4v) is 8.58. The van der Waals surface area contributed by atoms with E-state index in [-0.39, 0.29) is 25.6 Å². The summed E-state index contributed by atoms with van der Waals surface area (Å²) < 4.78 is 34.3. The average Bonchev–Trinajstić information content (AvgIpc) is 3.29. The van der Waals surface area contributed by atoms with Gasteiger partial charge in [0.15, 0.2) is 12.6 Å². The summed E-state index contributed by atoms with van der Waals surface area (Å²) in [6, 6.07) is 0. The van der Waals surface area contributed by atoms with Crippen molar-refractivity contribution in [3.8, 4) is 0 Å². The first-order valence-corrected chi connectivity index (χ1v) is 26.1. The van der Waals surface area contributed by atoms with E-state index in [0.717, 1.165) is 38.5 Å². The number of hydrogen-bond donors (Lipinski definition) is 7. The van der Waals surface area contributed by atoms with E-state index in [2.05, 4.69) is 13.8 Å². The lowest BCUT2D eigenvalue weighted by molar-refractivity contribution is -0.332. The van der Waals surface area contributed by atoms with Gasteiger partial charge in [0.05, 0.1) is 26.4 Å². The smallest absolute Gasteiger partial charge is 0.306 e. The van der Waals surface area contributed by atoms with E-state index in [1.807, 2.05) is 0 Å². The van der Waals surface area contributed by atoms with Gasteiger partial charge in [-0.2, -0.15) is 0 Å². The number of carbonyl (C=O) groups excluding carboxylic acids is 1. The zero-order valence-electron chi connectivity index (χ0n) is 40.3. The van der Waals surface area contributed by atoms with Gasteiger partial charge in [-0.1, -0.05) is 194 Å². The van der Waals surface area contributed by atoms with E-state index in [1.165, 1.54) is 148 Å². The van der Waals surface area contributed by atoms with Crippen molar-refractivity contribution >= 4 is 5.97 Å². The molecule has 0 spiro atoms. The quantitative estimate of drug-likeness (QED) is 0.0231. The van der Waals surface area contributed by atoms with Crippen molar-refractivity contribution in [2.75, 3.05) is 33.0 Å². The first kappa shape index (κ1) is 59.1. The van der Waals surface area contributed by atoms with Gasteiger partial charge < -0.3 is 64.2 Å². The van der Waals surface area contributed by atoms with Crippen LogP contribution in [0.5, 0.6) is 0 Å². The Morgan fingerprint density at radius 2 is 0.828 bits per heavy atom. The van der Waals surface area contributed by atoms with Crippen molar-refractivity contribution in [1.82, 2.24) is 0 Å². The summed E-state index contributed by atoms with van der Waals surface area (Å²) in [5.41, 5.74) is 0. The minimum Gasteiger partial charge on any atom is -0.457 e. The summed E-state index contributed by atoms with van der Waals surface area (Å²) in [7, 11) is 0. The van der Waals surface area contributed by atoms with Gasteiger partial charge in [0, 0.05) is 13.0 Å². The predicted octanol–water partition coefficient (Wildman–Crippen LogP) is 7.69. The van der Waals surface area contributed by atoms with Gasteiger partial charge in [0.25, 0.3) is 0 Å². The molecule has 14 heteroatoms. The topological polar surface area (TPSA) is 214 Å². The first-order valence-electron chi connectivity index (χ1n) is 26.1. The van der Waals surface area contributed by atoms with Gasteiger partial charge in [-0.15, -0.1) is 0 Å². The number of aliphatic hydroxyl groups is 7. The van der Waals surface area contributed by atoms with Gasteiger partial charge in [-0.3, -0.25) is 4.79 Å². The molecule has 64 heavy (non-hydrogen) atoms. The van der Waals surface area contributed by atoms with Crippen LogP contribution in [0.4, 0.5) is 0 Å². The van der Waals surface area contributed by atoms with E-state index >= 15 is 0 Å². The Hall–Kier alpha value is -1.01. The molecule has 14 nitrogen and oxygen atoms in total. The van der Waals surface area contributed by atoms with Crippen molar-refractivity contribution in [2.24, 2.45) is 0 Å². The van der Waals surface area contributed by atoms with Gasteiger partial charge in [-0.25, -0.2) is 0 Å². The lowest BCUT2D eigenvalue weighted by Gasteiger charge is -2.42. The molecule has 0 aliphatic carbocycles. The number of hydrogen-bond acceptors (Lipinski definition) is 14. The molecule has 0 aromatic carbocycles. The van der Waals surface area contributed by atoms with E-state index in [9.17, 15) is 40.5 Å². The highest BCUT2D eigenvalue weighted by Crippen LogP contribution is 2.26. The second-order valence-electron chi connectivity index (χ2n) is 18.7. The van der Waals surface area contributed by atoms with Crippen LogP contribution in [0.2, 0.25) is 0 Å². The Labute approximate surface area is 387 Å². The molecule has 2 fully saturated rings. The average molecular weight is 921 g/mol. The summed E-state index contributed by atoms with van der Waals surface area (Å²) in [6.07, 6.45) is 21.7. The lowest BCUT2D eigenvalue weighted by atomic mass is 9.98. The fraction of sp³-hybridized carbons (Fsp3) is 0.980. The number of carbonyl (C=O) groups is 1. The maximum atomic E-state index is 13.0. The SMILES string of the molecule is CCCCCCCCCCCCCCCCCCCCCOCC(COC1OC(COC2OC(CO)C(O)C(O)C2O)C(O)C(O)C1O)OC(=O)CCCCCCCCCCCCC. The van der Waals surface area contributed by atoms with Crippen LogP contribution in [-0.2, 0) is 33.2 Å². The molecule has 2 heterocycles. The highest BCUT2D eigenvalue weighted by Gasteiger charge is 2.47. The summed E-state index contributed by atoms with van der Waals surface area (Å²) in [6.45, 7) is 3.72. The Bertz CT molecular complexity index is 1070. The Morgan fingerprint density at radius 3 is 1.27 bits per heavy atom. The molecule has 380 valence electrons. The van der Waals surface area contributed by atoms with Crippen LogP contribution in [0.1, 0.15) is 213 Å². The molecule has 11 unspecified atom stereocenters. The standard InChI is InChI=1S/C50H96O14/c1-3-5-7-9-11-13-15-16-17-18-19-20-21-22-24-26-28-30-32-34-59-36-39(62-42(52)33-31-29-27-25-23-14-12-10-8-6-4-2)37-60-49-48(58)46(56)44(54)41(64-49)38-61-50-47(57)45(55)43(53)40(35-51)63-50/h39-41,43-51,53-58H,3-38H2,1-2H3. The zero-order chi connectivity index (χ0) is 46.6. The predicted molar refractivity (Wildman–Crippen MR) is 248 cm³/mol. The fourth-order valence-electron chi connectivity index (χ4n) is 8.58. The summed E-state index contributed by atoms with van der Waals surface area (Å²) in [4.78, 5) is 13.0. The largest absolute Gasteiger partial charge is 0.457 e. The molecule has 0 amide bonds. The van der Waals surface area contributed by atoms with Crippen molar-refractivity contribution in [1.29, 1.82) is 0 Å². The molecule has 2 aliphatic heterocycles. The summed E-state index contributed by atoms with van der Waals surface area (Å²) in [5, 5.41) is 72.1. The zero-order valence-corrected chi connectivity index (χ0v) is 40.3. The van der Waals surface area contributed by atoms with Crippen LogP contribution in [0, 0.1) is 0 Å². The van der Waals surface area contributed by atoms with E-state index in [0.29, 0.717) is 13.0 Å². The Balaban J connectivity index is 1.73. The Kier molecular flexibility index (Phi) is 35.9. The van der Waals surface area contributed by atoms with Crippen LogP contribution >= 0.6 is 0 Å². The monoisotopic (exact) mass is 921 g/mol. The van der Waals surface area contributed by atoms with Crippen LogP contribution in [0.3, 0.4) is 0 Å². The van der Waals surface area contributed by atoms with E-state index in [4.69, 9.17) is 28.4 Å². The molecule has 0 radical (unpaired) electrons. The summed E-state index contributed by atoms with van der Waals surface area (Å²) >= 11 is 0. The minimum atomic E-state index is -1.70. The minimum absolute atomic E-state index is 0.0701. The molecule has 2 saturated heterocycles. The molecule has 0 aromatic rings. The molecule has 7 N–H and O–H groups in total. The van der Waals surface area contributed by atoms with Crippen LogP contribution in [0.25, 0.3) is 0 Å². The first-order chi connectivity index (χ1) is 31.1. The highest BCUT2D eigenvalue weighted by atomic mass is 16.7. The molecule has 2 aliphatic rings. The number of unbranched alkanes of at least 4 members (excludes halogenated alkanes) is 28. The Morgan fingerprint density at radius 1 is 0.453 bits per heavy atom. The number of esters is 1. The highest BCUT2D eigenvalue weighted by molar-refractivity contribution is 5.69. The lowest BCUT2D eigenvalue weighted by Crippen LogP contribution is -2.61. The molecule has 11 atom stereocenters. The molecular formula is C50H96O14. The van der Waals surface area contributed by atoms with Crippen molar-refractivity contribution < 1.29 is 69.0 Å². The third kappa shape index (κ3) is 26.5. The second kappa shape index (κ2) is 38.9. The van der Waals surface area contributed by atoms with Crippen LogP contribution < -0.4 is 0 Å². The van der Waals surface area contributed by atoms with Gasteiger partial charge in [-0.05, 0) is 12.8 Å². The third-order valence-electron chi connectivity index (χ3n) is 12.9. The van der Waals surface area contributed by atoms with Gasteiger partial charge >= 0.3 is 5.97 Å². The maximum absolute atomic E-state index is 13.0. The normalized spacial score (nSPS) is 26.6. The molecule has 2 rings (SSSR count). The van der Waals surface area contributed by atoms with Gasteiger partial charge in [0.2, 0.25) is 0 Å². The molecule has 0 bridgehead atoms. The third-order valence-corrected chi connectivity index (χ3v) is 12.9. The maximum Gasteiger partial charge on any atom is 0.306 e. The second-order valence-corrected chi connectivity index (χ2v) is 18.7. The van der Waals surface area contributed by atoms with Crippen LogP contribution in [-0.4, -0.2) is 142 Å². The number of ether oxygens (including phenoxy) is 6. The molecular weight excluding hydrogens is 825 g/mol. The number of rotatable bonds is 42. The van der Waals surface area contributed by atoms with Crippen molar-refractivity contribution in [3.63, 3.8) is 0 Å². The van der Waals surface area contributed by atoms with Crippen molar-refractivity contribution in [2.45, 2.75) is 280 Å². The van der Waals surface area contributed by atoms with Crippen molar-refractivity contribution in [3.05, 3.63) is 0 Å². The molecule has 0 aromatic heterocycles. The van der Waals surface area contributed by atoms with E-state index in [1.54, 1.807) is 0 Å². The number of aliphatic hydroxyl groups excluding tert-OH is 7. The molecule has 0 saturated carbocycles. The van der Waals surface area contributed by atoms with Gasteiger partial charge in [0.1, 0.15) is 54.9 Å².